The van der Waals surface area contributed by atoms with E-state index in [-0.39, 0.29) is 18.6 Å². The number of aryl methyl sites for hydroxylation is 1. The van der Waals surface area contributed by atoms with Gasteiger partial charge >= 0.3 is 5.97 Å². The molecule has 1 N–H and O–H groups in total. The van der Waals surface area contributed by atoms with E-state index in [9.17, 15) is 9.59 Å². The van der Waals surface area contributed by atoms with Crippen molar-refractivity contribution in [2.24, 2.45) is 0 Å². The quantitative estimate of drug-likeness (QED) is 0.648. The summed E-state index contributed by atoms with van der Waals surface area (Å²) in [7, 11) is 0. The van der Waals surface area contributed by atoms with E-state index in [0.29, 0.717) is 17.9 Å². The number of hydrogen-bond acceptors (Lipinski definition) is 4. The minimum Gasteiger partial charge on any atom is -0.494 e. The largest absolute Gasteiger partial charge is 0.494 e. The Balaban J connectivity index is 1.70. The Morgan fingerprint density at radius 2 is 1.74 bits per heavy atom. The van der Waals surface area contributed by atoms with E-state index in [1.807, 2.05) is 32.0 Å². The topological polar surface area (TPSA) is 64.6 Å². The smallest absolute Gasteiger partial charge is 0.338 e. The SMILES string of the molecule is CCCOc1ccc(C(=O)OCC(=O)NC(C)CCc2ccccc2)cc1. The lowest BCUT2D eigenvalue weighted by atomic mass is 10.1. The predicted octanol–water partition coefficient (Wildman–Crippen LogP) is 3.77. The summed E-state index contributed by atoms with van der Waals surface area (Å²) in [6, 6.07) is 16.8. The van der Waals surface area contributed by atoms with E-state index in [1.54, 1.807) is 24.3 Å². The molecule has 1 atom stereocenters. The molecule has 27 heavy (non-hydrogen) atoms. The van der Waals surface area contributed by atoms with Crippen LogP contribution in [0.15, 0.2) is 54.6 Å². The first-order valence-corrected chi connectivity index (χ1v) is 9.31. The van der Waals surface area contributed by atoms with Crippen molar-refractivity contribution in [2.75, 3.05) is 13.2 Å². The highest BCUT2D eigenvalue weighted by Crippen LogP contribution is 2.13. The van der Waals surface area contributed by atoms with Crippen LogP contribution in [0.25, 0.3) is 0 Å². The van der Waals surface area contributed by atoms with Gasteiger partial charge < -0.3 is 14.8 Å². The number of hydrogen-bond donors (Lipinski definition) is 1. The molecule has 0 saturated carbocycles. The molecule has 2 rings (SSSR count). The maximum Gasteiger partial charge on any atom is 0.338 e. The molecular formula is C22H27NO4. The minimum atomic E-state index is -0.524. The van der Waals surface area contributed by atoms with Crippen LogP contribution in [-0.2, 0) is 16.0 Å². The maximum atomic E-state index is 12.0. The van der Waals surface area contributed by atoms with E-state index < -0.39 is 5.97 Å². The minimum absolute atomic E-state index is 0.00593. The third-order valence-electron chi connectivity index (χ3n) is 4.01. The zero-order chi connectivity index (χ0) is 19.5. The van der Waals surface area contributed by atoms with Crippen LogP contribution in [0.3, 0.4) is 0 Å². The van der Waals surface area contributed by atoms with Crippen LogP contribution in [0, 0.1) is 0 Å². The molecule has 2 aromatic carbocycles. The monoisotopic (exact) mass is 369 g/mol. The first-order valence-electron chi connectivity index (χ1n) is 9.31. The molecule has 0 fully saturated rings. The Hall–Kier alpha value is -2.82. The second kappa shape index (κ2) is 11.0. The molecule has 0 aromatic heterocycles. The average molecular weight is 369 g/mol. The fraction of sp³-hybridized carbons (Fsp3) is 0.364. The summed E-state index contributed by atoms with van der Waals surface area (Å²) in [5.74, 6) is -0.116. The van der Waals surface area contributed by atoms with Crippen molar-refractivity contribution in [1.82, 2.24) is 5.32 Å². The van der Waals surface area contributed by atoms with Crippen molar-refractivity contribution in [2.45, 2.75) is 39.2 Å². The zero-order valence-electron chi connectivity index (χ0n) is 15.9. The molecule has 2 aromatic rings. The summed E-state index contributed by atoms with van der Waals surface area (Å²) in [5.41, 5.74) is 1.63. The molecule has 0 aliphatic carbocycles. The molecule has 0 saturated heterocycles. The first-order chi connectivity index (χ1) is 13.1. The van der Waals surface area contributed by atoms with Gasteiger partial charge in [-0.05, 0) is 56.0 Å². The molecule has 5 nitrogen and oxygen atoms in total. The van der Waals surface area contributed by atoms with Gasteiger partial charge in [0.15, 0.2) is 6.61 Å². The Bertz CT molecular complexity index is 713. The summed E-state index contributed by atoms with van der Waals surface area (Å²) in [6.07, 6.45) is 2.63. The summed E-state index contributed by atoms with van der Waals surface area (Å²) < 4.78 is 10.6. The van der Waals surface area contributed by atoms with Crippen LogP contribution in [0.2, 0.25) is 0 Å². The highest BCUT2D eigenvalue weighted by molar-refractivity contribution is 5.91. The molecule has 5 heteroatoms. The van der Waals surface area contributed by atoms with Gasteiger partial charge in [-0.1, -0.05) is 37.3 Å². The summed E-state index contributed by atoms with van der Waals surface area (Å²) >= 11 is 0. The van der Waals surface area contributed by atoms with Crippen molar-refractivity contribution in [1.29, 1.82) is 0 Å². The van der Waals surface area contributed by atoms with E-state index in [4.69, 9.17) is 9.47 Å². The molecule has 1 unspecified atom stereocenters. The molecule has 0 aliphatic heterocycles. The highest BCUT2D eigenvalue weighted by Gasteiger charge is 2.12. The molecule has 144 valence electrons. The van der Waals surface area contributed by atoms with Gasteiger partial charge in [-0.3, -0.25) is 4.79 Å². The molecule has 1 amide bonds. The van der Waals surface area contributed by atoms with Gasteiger partial charge in [0.2, 0.25) is 0 Å². The molecule has 0 aliphatic rings. The first kappa shape index (κ1) is 20.5. The van der Waals surface area contributed by atoms with Crippen LogP contribution >= 0.6 is 0 Å². The van der Waals surface area contributed by atoms with Gasteiger partial charge in [0.1, 0.15) is 5.75 Å². The average Bonchev–Trinajstić information content (AvgIpc) is 2.70. The number of esters is 1. The Morgan fingerprint density at radius 3 is 2.41 bits per heavy atom. The highest BCUT2D eigenvalue weighted by atomic mass is 16.5. The van der Waals surface area contributed by atoms with E-state index in [0.717, 1.165) is 19.3 Å². The third-order valence-corrected chi connectivity index (χ3v) is 4.01. The van der Waals surface area contributed by atoms with Crippen LogP contribution in [0.1, 0.15) is 42.6 Å². The van der Waals surface area contributed by atoms with Gasteiger partial charge in [-0.15, -0.1) is 0 Å². The second-order valence-electron chi connectivity index (χ2n) is 6.44. The fourth-order valence-electron chi connectivity index (χ4n) is 2.54. The standard InChI is InChI=1S/C22H27NO4/c1-3-15-26-20-13-11-19(12-14-20)22(25)27-16-21(24)23-17(2)9-10-18-7-5-4-6-8-18/h4-8,11-14,17H,3,9-10,15-16H2,1-2H3,(H,23,24). The van der Waals surface area contributed by atoms with Crippen molar-refractivity contribution in [3.63, 3.8) is 0 Å². The van der Waals surface area contributed by atoms with Crippen LogP contribution in [-0.4, -0.2) is 31.1 Å². The molecule has 0 bridgehead atoms. The Kier molecular flexibility index (Phi) is 8.36. The predicted molar refractivity (Wildman–Crippen MR) is 105 cm³/mol. The summed E-state index contributed by atoms with van der Waals surface area (Å²) in [6.45, 7) is 4.31. The summed E-state index contributed by atoms with van der Waals surface area (Å²) in [5, 5.41) is 2.85. The maximum absolute atomic E-state index is 12.0. The number of rotatable bonds is 10. The van der Waals surface area contributed by atoms with Crippen LogP contribution in [0.4, 0.5) is 0 Å². The number of carbonyl (C=O) groups is 2. The van der Waals surface area contributed by atoms with Crippen molar-refractivity contribution in [3.05, 3.63) is 65.7 Å². The summed E-state index contributed by atoms with van der Waals surface area (Å²) in [4.78, 5) is 24.0. The Labute approximate surface area is 160 Å². The van der Waals surface area contributed by atoms with Crippen LogP contribution in [0.5, 0.6) is 5.75 Å². The van der Waals surface area contributed by atoms with Crippen molar-refractivity contribution >= 4 is 11.9 Å². The fourth-order valence-corrected chi connectivity index (χ4v) is 2.54. The molecular weight excluding hydrogens is 342 g/mol. The van der Waals surface area contributed by atoms with Gasteiger partial charge in [-0.2, -0.15) is 0 Å². The van der Waals surface area contributed by atoms with Gasteiger partial charge in [0.25, 0.3) is 5.91 Å². The number of carbonyl (C=O) groups excluding carboxylic acids is 2. The van der Waals surface area contributed by atoms with Crippen molar-refractivity contribution in [3.8, 4) is 5.75 Å². The number of benzene rings is 2. The Morgan fingerprint density at radius 1 is 1.04 bits per heavy atom. The van der Waals surface area contributed by atoms with Crippen molar-refractivity contribution < 1.29 is 19.1 Å². The lowest BCUT2D eigenvalue weighted by Crippen LogP contribution is -2.36. The number of amides is 1. The zero-order valence-corrected chi connectivity index (χ0v) is 15.9. The van der Waals surface area contributed by atoms with Gasteiger partial charge in [0.05, 0.1) is 12.2 Å². The van der Waals surface area contributed by atoms with Gasteiger partial charge in [-0.25, -0.2) is 4.79 Å². The van der Waals surface area contributed by atoms with E-state index in [1.165, 1.54) is 5.56 Å². The number of nitrogens with one attached hydrogen (secondary N) is 1. The molecule has 0 heterocycles. The van der Waals surface area contributed by atoms with Crippen LogP contribution < -0.4 is 10.1 Å². The van der Waals surface area contributed by atoms with E-state index in [2.05, 4.69) is 17.4 Å². The lowest BCUT2D eigenvalue weighted by Gasteiger charge is -2.14. The third kappa shape index (κ3) is 7.52. The lowest BCUT2D eigenvalue weighted by molar-refractivity contribution is -0.124. The second-order valence-corrected chi connectivity index (χ2v) is 6.44. The normalized spacial score (nSPS) is 11.5. The van der Waals surface area contributed by atoms with Gasteiger partial charge in [0, 0.05) is 6.04 Å². The number of ether oxygens (including phenoxy) is 2. The molecule has 0 spiro atoms. The molecule has 0 radical (unpaired) electrons. The van der Waals surface area contributed by atoms with E-state index >= 15 is 0 Å².